The number of nitrogens with zero attached hydrogens (tertiary/aromatic N) is 2. The molecule has 0 atom stereocenters. The van der Waals surface area contributed by atoms with Gasteiger partial charge in [0.2, 0.25) is 11.0 Å². The number of methoxy groups -OCH3 is 1. The molecule has 0 aliphatic rings. The van der Waals surface area contributed by atoms with Crippen molar-refractivity contribution in [2.75, 3.05) is 17.7 Å². The lowest BCUT2D eigenvalue weighted by Gasteiger charge is -2.05. The number of rotatable bonds is 6. The molecule has 0 saturated heterocycles. The molecule has 1 heterocycles. The molecule has 3 rings (SSSR count). The third kappa shape index (κ3) is 4.68. The van der Waals surface area contributed by atoms with Gasteiger partial charge in [-0.1, -0.05) is 18.3 Å². The number of benzene rings is 2. The van der Waals surface area contributed by atoms with Crippen LogP contribution >= 0.6 is 11.3 Å². The fraction of sp³-hybridized carbons (Fsp3) is 0.158. The average Bonchev–Trinajstić information content (AvgIpc) is 3.17. The molecule has 0 aliphatic carbocycles. The van der Waals surface area contributed by atoms with Crippen LogP contribution in [-0.4, -0.2) is 29.1 Å². The van der Waals surface area contributed by atoms with Crippen LogP contribution in [0.1, 0.15) is 23.7 Å². The summed E-state index contributed by atoms with van der Waals surface area (Å²) in [6, 6.07) is 14.1. The number of carbonyl (C=O) groups excluding carboxylic acids is 2. The van der Waals surface area contributed by atoms with Gasteiger partial charge in [-0.3, -0.25) is 14.9 Å². The zero-order valence-electron chi connectivity index (χ0n) is 14.9. The monoisotopic (exact) mass is 382 g/mol. The normalized spacial score (nSPS) is 10.3. The second kappa shape index (κ2) is 8.41. The van der Waals surface area contributed by atoms with E-state index in [1.54, 1.807) is 38.3 Å². The van der Waals surface area contributed by atoms with Crippen molar-refractivity contribution >= 4 is 34.0 Å². The van der Waals surface area contributed by atoms with Crippen LogP contribution in [0.5, 0.6) is 5.75 Å². The van der Waals surface area contributed by atoms with Crippen molar-refractivity contribution in [1.29, 1.82) is 0 Å². The second-order valence-electron chi connectivity index (χ2n) is 5.57. The molecule has 0 bridgehead atoms. The molecule has 0 unspecified atom stereocenters. The van der Waals surface area contributed by atoms with Gasteiger partial charge in [-0.2, -0.15) is 0 Å². The molecule has 7 nitrogen and oxygen atoms in total. The molecule has 0 fully saturated rings. The summed E-state index contributed by atoms with van der Waals surface area (Å²) in [5.41, 5.74) is 2.01. The molecule has 2 amide bonds. The first kappa shape index (κ1) is 18.5. The highest BCUT2D eigenvalue weighted by molar-refractivity contribution is 7.18. The molecule has 0 spiro atoms. The zero-order chi connectivity index (χ0) is 19.2. The van der Waals surface area contributed by atoms with Gasteiger partial charge >= 0.3 is 0 Å². The Bertz CT molecular complexity index is 936. The van der Waals surface area contributed by atoms with Crippen molar-refractivity contribution in [3.63, 3.8) is 0 Å². The van der Waals surface area contributed by atoms with Crippen LogP contribution in [0.15, 0.2) is 48.5 Å². The first-order valence-electron chi connectivity index (χ1n) is 8.28. The summed E-state index contributed by atoms with van der Waals surface area (Å²) in [4.78, 5) is 23.7. The SMILES string of the molecule is CCC(=O)Nc1ccc(C(=O)Nc2nnc(-c3ccc(OC)cc3)s2)cc1. The molecule has 27 heavy (non-hydrogen) atoms. The molecule has 0 aliphatic heterocycles. The number of ether oxygens (including phenoxy) is 1. The topological polar surface area (TPSA) is 93.2 Å². The highest BCUT2D eigenvalue weighted by Gasteiger charge is 2.12. The van der Waals surface area contributed by atoms with Gasteiger partial charge in [-0.25, -0.2) is 0 Å². The van der Waals surface area contributed by atoms with Crippen LogP contribution in [0.4, 0.5) is 10.8 Å². The van der Waals surface area contributed by atoms with E-state index in [0.717, 1.165) is 11.3 Å². The third-order valence-corrected chi connectivity index (χ3v) is 4.62. The van der Waals surface area contributed by atoms with Gasteiger partial charge in [0.25, 0.3) is 5.91 Å². The maximum atomic E-state index is 12.4. The summed E-state index contributed by atoms with van der Waals surface area (Å²) in [7, 11) is 1.61. The van der Waals surface area contributed by atoms with Crippen molar-refractivity contribution in [2.24, 2.45) is 0 Å². The second-order valence-corrected chi connectivity index (χ2v) is 6.55. The molecule has 3 aromatic rings. The van der Waals surface area contributed by atoms with E-state index in [2.05, 4.69) is 20.8 Å². The van der Waals surface area contributed by atoms with E-state index in [1.807, 2.05) is 24.3 Å². The van der Waals surface area contributed by atoms with E-state index in [9.17, 15) is 9.59 Å². The van der Waals surface area contributed by atoms with Crippen molar-refractivity contribution in [1.82, 2.24) is 10.2 Å². The Kier molecular flexibility index (Phi) is 5.77. The predicted octanol–water partition coefficient (Wildman–Crippen LogP) is 3.81. The largest absolute Gasteiger partial charge is 0.497 e. The number of anilines is 2. The molecule has 0 saturated carbocycles. The number of amides is 2. The molecule has 1 aromatic heterocycles. The minimum absolute atomic E-state index is 0.0767. The molecule has 138 valence electrons. The minimum atomic E-state index is -0.291. The van der Waals surface area contributed by atoms with Crippen LogP contribution in [0.25, 0.3) is 10.6 Å². The van der Waals surface area contributed by atoms with Crippen LogP contribution in [0, 0.1) is 0 Å². The van der Waals surface area contributed by atoms with E-state index < -0.39 is 0 Å². The Hall–Kier alpha value is -3.26. The number of nitrogens with one attached hydrogen (secondary N) is 2. The number of carbonyl (C=O) groups is 2. The van der Waals surface area contributed by atoms with Gasteiger partial charge in [-0.15, -0.1) is 10.2 Å². The molecular formula is C19H18N4O3S. The Labute approximate surface area is 160 Å². The average molecular weight is 382 g/mol. The molecule has 0 radical (unpaired) electrons. The first-order chi connectivity index (χ1) is 13.1. The Morgan fingerprint density at radius 3 is 2.33 bits per heavy atom. The lowest BCUT2D eigenvalue weighted by Crippen LogP contribution is -2.12. The van der Waals surface area contributed by atoms with E-state index in [-0.39, 0.29) is 11.8 Å². The van der Waals surface area contributed by atoms with Crippen LogP contribution < -0.4 is 15.4 Å². The van der Waals surface area contributed by atoms with Gasteiger partial charge in [0, 0.05) is 23.2 Å². The molecule has 2 aromatic carbocycles. The highest BCUT2D eigenvalue weighted by atomic mass is 32.1. The van der Waals surface area contributed by atoms with Crippen molar-refractivity contribution < 1.29 is 14.3 Å². The highest BCUT2D eigenvalue weighted by Crippen LogP contribution is 2.28. The van der Waals surface area contributed by atoms with Crippen LogP contribution in [0.3, 0.4) is 0 Å². The lowest BCUT2D eigenvalue weighted by molar-refractivity contribution is -0.115. The van der Waals surface area contributed by atoms with E-state index >= 15 is 0 Å². The Morgan fingerprint density at radius 1 is 1.00 bits per heavy atom. The maximum Gasteiger partial charge on any atom is 0.257 e. The fourth-order valence-corrected chi connectivity index (χ4v) is 2.99. The molecular weight excluding hydrogens is 364 g/mol. The Balaban J connectivity index is 1.65. The molecule has 8 heteroatoms. The smallest absolute Gasteiger partial charge is 0.257 e. The summed E-state index contributed by atoms with van der Waals surface area (Å²) in [6.07, 6.45) is 0.399. The van der Waals surface area contributed by atoms with Gasteiger partial charge < -0.3 is 10.1 Å². The summed E-state index contributed by atoms with van der Waals surface area (Å²) in [5, 5.41) is 14.7. The third-order valence-electron chi connectivity index (χ3n) is 3.73. The van der Waals surface area contributed by atoms with Gasteiger partial charge in [0.15, 0.2) is 0 Å². The lowest BCUT2D eigenvalue weighted by atomic mass is 10.2. The zero-order valence-corrected chi connectivity index (χ0v) is 15.7. The van der Waals surface area contributed by atoms with Crippen molar-refractivity contribution in [2.45, 2.75) is 13.3 Å². The standard InChI is InChI=1S/C19H18N4O3S/c1-3-16(24)20-14-8-4-12(5-9-14)17(25)21-19-23-22-18(27-19)13-6-10-15(26-2)11-7-13/h4-11H,3H2,1-2H3,(H,20,24)(H,21,23,25). The summed E-state index contributed by atoms with van der Waals surface area (Å²) in [5.74, 6) is 0.392. The summed E-state index contributed by atoms with van der Waals surface area (Å²) < 4.78 is 5.13. The van der Waals surface area contributed by atoms with E-state index in [0.29, 0.717) is 27.8 Å². The number of aromatic nitrogens is 2. The maximum absolute atomic E-state index is 12.4. The Morgan fingerprint density at radius 2 is 1.70 bits per heavy atom. The summed E-state index contributed by atoms with van der Waals surface area (Å²) >= 11 is 1.28. The predicted molar refractivity (Wildman–Crippen MR) is 105 cm³/mol. The van der Waals surface area contributed by atoms with Crippen molar-refractivity contribution in [3.05, 3.63) is 54.1 Å². The quantitative estimate of drug-likeness (QED) is 0.676. The van der Waals surface area contributed by atoms with Gasteiger partial charge in [0.05, 0.1) is 7.11 Å². The summed E-state index contributed by atoms with van der Waals surface area (Å²) in [6.45, 7) is 1.78. The van der Waals surface area contributed by atoms with Crippen LogP contribution in [-0.2, 0) is 4.79 Å². The fourth-order valence-electron chi connectivity index (χ4n) is 2.25. The minimum Gasteiger partial charge on any atom is -0.497 e. The van der Waals surface area contributed by atoms with Gasteiger partial charge in [-0.05, 0) is 48.5 Å². The number of hydrogen-bond acceptors (Lipinski definition) is 6. The van der Waals surface area contributed by atoms with Crippen molar-refractivity contribution in [3.8, 4) is 16.3 Å². The van der Waals surface area contributed by atoms with E-state index in [1.165, 1.54) is 11.3 Å². The van der Waals surface area contributed by atoms with E-state index in [4.69, 9.17) is 4.74 Å². The van der Waals surface area contributed by atoms with Gasteiger partial charge in [0.1, 0.15) is 10.8 Å². The molecule has 2 N–H and O–H groups in total. The number of hydrogen-bond donors (Lipinski definition) is 2. The van der Waals surface area contributed by atoms with Crippen LogP contribution in [0.2, 0.25) is 0 Å². The first-order valence-corrected chi connectivity index (χ1v) is 9.10.